The number of anilines is 1. The van der Waals surface area contributed by atoms with Crippen LogP contribution in [0.15, 0.2) is 42.5 Å². The van der Waals surface area contributed by atoms with E-state index in [-0.39, 0.29) is 17.2 Å². The minimum atomic E-state index is -3.33. The highest BCUT2D eigenvalue weighted by molar-refractivity contribution is 7.93. The van der Waals surface area contributed by atoms with Crippen LogP contribution in [0.5, 0.6) is 0 Å². The Kier molecular flexibility index (Phi) is 5.61. The van der Waals surface area contributed by atoms with E-state index in [0.717, 1.165) is 41.4 Å². The zero-order valence-electron chi connectivity index (χ0n) is 19.4. The molecule has 0 radical (unpaired) electrons. The Labute approximate surface area is 200 Å². The van der Waals surface area contributed by atoms with Crippen LogP contribution in [0.2, 0.25) is 0 Å². The zero-order valence-corrected chi connectivity index (χ0v) is 20.2. The largest absolute Gasteiger partial charge is 0.342 e. The van der Waals surface area contributed by atoms with Crippen LogP contribution in [0.4, 0.5) is 5.69 Å². The molecule has 2 aliphatic carbocycles. The van der Waals surface area contributed by atoms with Gasteiger partial charge in [0.1, 0.15) is 6.07 Å². The number of aromatic nitrogens is 1. The number of hydrogen-bond donors (Lipinski definition) is 1. The van der Waals surface area contributed by atoms with Gasteiger partial charge < -0.3 is 9.47 Å². The second-order valence-corrected chi connectivity index (χ2v) is 11.2. The number of nitrogens with one attached hydrogen (secondary N) is 1. The molecule has 3 aromatic rings. The van der Waals surface area contributed by atoms with Crippen LogP contribution in [0.1, 0.15) is 61.0 Å². The molecule has 176 valence electrons. The summed E-state index contributed by atoms with van der Waals surface area (Å²) in [5.74, 6) is -0.0434. The van der Waals surface area contributed by atoms with Gasteiger partial charge in [-0.3, -0.25) is 9.52 Å². The average Bonchev–Trinajstić information content (AvgIpc) is 3.62. The van der Waals surface area contributed by atoms with Gasteiger partial charge in [0.05, 0.1) is 22.0 Å². The van der Waals surface area contributed by atoms with Crippen molar-refractivity contribution in [3.63, 3.8) is 0 Å². The van der Waals surface area contributed by atoms with Crippen molar-refractivity contribution in [3.8, 4) is 17.3 Å². The lowest BCUT2D eigenvalue weighted by atomic mass is 9.92. The van der Waals surface area contributed by atoms with E-state index >= 15 is 0 Å². The number of nitrogens with zero attached hydrogens (tertiary/aromatic N) is 3. The predicted molar refractivity (Wildman–Crippen MR) is 133 cm³/mol. The van der Waals surface area contributed by atoms with Crippen molar-refractivity contribution in [2.24, 2.45) is 0 Å². The summed E-state index contributed by atoms with van der Waals surface area (Å²) in [5.41, 5.74) is 4.28. The van der Waals surface area contributed by atoms with Gasteiger partial charge in [-0.15, -0.1) is 0 Å². The first-order valence-electron chi connectivity index (χ1n) is 11.8. The van der Waals surface area contributed by atoms with Crippen LogP contribution in [-0.4, -0.2) is 42.6 Å². The first-order chi connectivity index (χ1) is 16.3. The van der Waals surface area contributed by atoms with Gasteiger partial charge in [0.25, 0.3) is 5.91 Å². The average molecular weight is 477 g/mol. The highest BCUT2D eigenvalue weighted by Gasteiger charge is 2.35. The molecule has 1 amide bonds. The second kappa shape index (κ2) is 8.48. The van der Waals surface area contributed by atoms with Gasteiger partial charge in [-0.2, -0.15) is 5.26 Å². The third-order valence-corrected chi connectivity index (χ3v) is 8.87. The van der Waals surface area contributed by atoms with Crippen LogP contribution in [0.3, 0.4) is 0 Å². The van der Waals surface area contributed by atoms with E-state index in [1.54, 1.807) is 30.1 Å². The van der Waals surface area contributed by atoms with Crippen molar-refractivity contribution in [1.29, 1.82) is 5.26 Å². The van der Waals surface area contributed by atoms with E-state index in [0.29, 0.717) is 36.2 Å². The minimum Gasteiger partial charge on any atom is -0.342 e. The quantitative estimate of drug-likeness (QED) is 0.525. The molecule has 2 aliphatic rings. The molecule has 0 bridgehead atoms. The molecule has 2 saturated carbocycles. The molecule has 0 atom stereocenters. The normalized spacial score (nSPS) is 16.1. The number of hydrogen-bond acceptors (Lipinski definition) is 4. The number of fused-ring (bicyclic) bond motifs is 1. The van der Waals surface area contributed by atoms with E-state index in [9.17, 15) is 18.5 Å². The number of carbonyl (C=O) groups excluding carboxylic acids is 1. The highest BCUT2D eigenvalue weighted by atomic mass is 32.2. The zero-order chi connectivity index (χ0) is 24.0. The molecule has 0 aliphatic heterocycles. The molecule has 2 aromatic carbocycles. The monoisotopic (exact) mass is 476 g/mol. The lowest BCUT2D eigenvalue weighted by molar-refractivity contribution is 0.0802. The summed E-state index contributed by atoms with van der Waals surface area (Å²) >= 11 is 0. The molecule has 0 unspecified atom stereocenters. The number of carbonyl (C=O) groups is 1. The van der Waals surface area contributed by atoms with E-state index in [4.69, 9.17) is 0 Å². The van der Waals surface area contributed by atoms with E-state index in [1.807, 2.05) is 31.2 Å². The highest BCUT2D eigenvalue weighted by Crippen LogP contribution is 2.43. The van der Waals surface area contributed by atoms with Crippen LogP contribution in [0, 0.1) is 11.3 Å². The lowest BCUT2D eigenvalue weighted by Gasteiger charge is -2.30. The molecule has 0 saturated heterocycles. The molecule has 8 heteroatoms. The number of benzene rings is 2. The fraction of sp³-hybridized carbons (Fsp3) is 0.385. The standard InChI is InChI=1S/C26H28N4O3S/c1-3-29(2)26(31)18-9-14-22-23(16-27)25(30(24(22)15-18)20-5-4-6-20)17-7-10-19(11-8-17)28-34(32,33)21-12-13-21/h7-11,14-15,20-21,28H,3-6,12-13H2,1-2H3. The first-order valence-corrected chi connectivity index (χ1v) is 13.3. The summed E-state index contributed by atoms with van der Waals surface area (Å²) in [4.78, 5) is 14.5. The molecule has 1 heterocycles. The van der Waals surface area contributed by atoms with Gasteiger partial charge in [-0.25, -0.2) is 8.42 Å². The van der Waals surface area contributed by atoms with Crippen LogP contribution < -0.4 is 4.72 Å². The SMILES string of the molecule is CCN(C)C(=O)c1ccc2c(C#N)c(-c3ccc(NS(=O)(=O)C4CC4)cc3)n(C3CCC3)c2c1. The molecule has 7 nitrogen and oxygen atoms in total. The van der Waals surface area contributed by atoms with Crippen molar-refractivity contribution >= 4 is 32.5 Å². The molecule has 5 rings (SSSR count). The molecular weight excluding hydrogens is 448 g/mol. The third kappa shape index (κ3) is 3.84. The van der Waals surface area contributed by atoms with Gasteiger partial charge in [0.2, 0.25) is 10.0 Å². The minimum absolute atomic E-state index is 0.0434. The lowest BCUT2D eigenvalue weighted by Crippen LogP contribution is -2.26. The maximum atomic E-state index is 12.8. The maximum absolute atomic E-state index is 12.8. The summed E-state index contributed by atoms with van der Waals surface area (Å²) in [5, 5.41) is 10.7. The number of nitriles is 1. The Morgan fingerprint density at radius 1 is 1.15 bits per heavy atom. The predicted octanol–water partition coefficient (Wildman–Crippen LogP) is 4.90. The maximum Gasteiger partial charge on any atom is 0.253 e. The number of sulfonamides is 1. The fourth-order valence-corrected chi connectivity index (χ4v) is 5.94. The fourth-order valence-electron chi connectivity index (χ4n) is 4.55. The summed E-state index contributed by atoms with van der Waals surface area (Å²) in [6.45, 7) is 2.56. The van der Waals surface area contributed by atoms with Crippen LogP contribution >= 0.6 is 0 Å². The summed E-state index contributed by atoms with van der Waals surface area (Å²) in [7, 11) is -1.55. The third-order valence-electron chi connectivity index (χ3n) is 7.01. The summed E-state index contributed by atoms with van der Waals surface area (Å²) in [6, 6.07) is 15.5. The Bertz CT molecular complexity index is 1410. The topological polar surface area (TPSA) is 95.2 Å². The number of rotatable bonds is 7. The van der Waals surface area contributed by atoms with Gasteiger partial charge in [-0.1, -0.05) is 18.2 Å². The Balaban J connectivity index is 1.61. The molecule has 1 aromatic heterocycles. The number of amides is 1. The van der Waals surface area contributed by atoms with Crippen LogP contribution in [-0.2, 0) is 10.0 Å². The molecule has 1 N–H and O–H groups in total. The van der Waals surface area contributed by atoms with E-state index in [2.05, 4.69) is 15.4 Å². The molecule has 34 heavy (non-hydrogen) atoms. The van der Waals surface area contributed by atoms with Crippen molar-refractivity contribution in [1.82, 2.24) is 9.47 Å². The van der Waals surface area contributed by atoms with Crippen molar-refractivity contribution in [2.75, 3.05) is 18.3 Å². The Morgan fingerprint density at radius 2 is 1.85 bits per heavy atom. The van der Waals surface area contributed by atoms with Crippen molar-refractivity contribution in [3.05, 3.63) is 53.6 Å². The Morgan fingerprint density at radius 3 is 2.41 bits per heavy atom. The molecular formula is C26H28N4O3S. The molecule has 0 spiro atoms. The molecule has 2 fully saturated rings. The van der Waals surface area contributed by atoms with Gasteiger partial charge in [0, 0.05) is 36.3 Å². The second-order valence-electron chi connectivity index (χ2n) is 9.27. The van der Waals surface area contributed by atoms with E-state index < -0.39 is 10.0 Å². The van der Waals surface area contributed by atoms with Crippen molar-refractivity contribution in [2.45, 2.75) is 50.3 Å². The van der Waals surface area contributed by atoms with E-state index in [1.165, 1.54) is 0 Å². The summed E-state index contributed by atoms with van der Waals surface area (Å²) in [6.07, 6.45) is 4.59. The Hall–Kier alpha value is -3.31. The van der Waals surface area contributed by atoms with Gasteiger partial charge in [-0.05, 0) is 68.9 Å². The van der Waals surface area contributed by atoms with Crippen molar-refractivity contribution < 1.29 is 13.2 Å². The first kappa shape index (κ1) is 22.5. The van der Waals surface area contributed by atoms with Crippen LogP contribution in [0.25, 0.3) is 22.2 Å². The smallest absolute Gasteiger partial charge is 0.253 e. The van der Waals surface area contributed by atoms with Gasteiger partial charge >= 0.3 is 0 Å². The van der Waals surface area contributed by atoms with Gasteiger partial charge in [0.15, 0.2) is 0 Å². The summed E-state index contributed by atoms with van der Waals surface area (Å²) < 4.78 is 29.5.